The third kappa shape index (κ3) is 3.40. The minimum Gasteiger partial charge on any atom is -0.356 e. The zero-order chi connectivity index (χ0) is 19.7. The molecule has 0 N–H and O–H groups in total. The third-order valence-electron chi connectivity index (χ3n) is 4.48. The predicted octanol–water partition coefficient (Wildman–Crippen LogP) is 3.71. The number of aromatic nitrogens is 5. The van der Waals surface area contributed by atoms with Crippen molar-refractivity contribution >= 4 is 0 Å². The molecule has 0 unspecified atom stereocenters. The Kier molecular flexibility index (Phi) is 4.45. The molecular formula is C21H18N6O. The summed E-state index contributed by atoms with van der Waals surface area (Å²) in [7, 11) is 0. The molecular weight excluding hydrogens is 352 g/mol. The molecule has 3 heterocycles. The number of hydrogen-bond donors (Lipinski definition) is 0. The Morgan fingerprint density at radius 3 is 2.61 bits per heavy atom. The fourth-order valence-electron chi connectivity index (χ4n) is 3.09. The normalized spacial score (nSPS) is 10.8. The van der Waals surface area contributed by atoms with Crippen molar-refractivity contribution in [3.05, 3.63) is 76.5 Å². The maximum atomic E-state index is 9.00. The van der Waals surface area contributed by atoms with E-state index < -0.39 is 0 Å². The van der Waals surface area contributed by atoms with Gasteiger partial charge in [0.1, 0.15) is 0 Å². The number of aryl methyl sites for hydroxylation is 3. The summed E-state index contributed by atoms with van der Waals surface area (Å²) in [6.45, 7) is 5.78. The Hall–Kier alpha value is -3.79. The van der Waals surface area contributed by atoms with Gasteiger partial charge < -0.3 is 4.52 Å². The number of nitrogens with zero attached hydrogens (tertiary/aromatic N) is 6. The number of hydrogen-bond acceptors (Lipinski definition) is 6. The quantitative estimate of drug-likeness (QED) is 0.544. The molecule has 28 heavy (non-hydrogen) atoms. The molecule has 0 amide bonds. The lowest BCUT2D eigenvalue weighted by Gasteiger charge is -2.05. The minimum atomic E-state index is 0.575. The van der Waals surface area contributed by atoms with Gasteiger partial charge in [-0.2, -0.15) is 20.3 Å². The molecule has 1 aromatic carbocycles. The van der Waals surface area contributed by atoms with Gasteiger partial charge >= 0.3 is 0 Å². The Morgan fingerprint density at radius 1 is 1.07 bits per heavy atom. The summed E-state index contributed by atoms with van der Waals surface area (Å²) in [5.41, 5.74) is 6.79. The fraction of sp³-hybridized carbons (Fsp3) is 0.190. The topological polar surface area (TPSA) is 93.4 Å². The van der Waals surface area contributed by atoms with Gasteiger partial charge in [-0.1, -0.05) is 5.16 Å². The van der Waals surface area contributed by atoms with Crippen LogP contribution < -0.4 is 0 Å². The van der Waals surface area contributed by atoms with E-state index in [1.165, 1.54) is 0 Å². The van der Waals surface area contributed by atoms with Gasteiger partial charge in [-0.25, -0.2) is 0 Å². The molecule has 4 rings (SSSR count). The maximum absolute atomic E-state index is 9.00. The van der Waals surface area contributed by atoms with E-state index in [2.05, 4.69) is 26.4 Å². The second-order valence-electron chi connectivity index (χ2n) is 6.68. The van der Waals surface area contributed by atoms with Crippen LogP contribution in [0.5, 0.6) is 0 Å². The Labute approximate surface area is 162 Å². The average molecular weight is 370 g/mol. The zero-order valence-electron chi connectivity index (χ0n) is 15.8. The first kappa shape index (κ1) is 17.6. The largest absolute Gasteiger partial charge is 0.356 e. The second-order valence-corrected chi connectivity index (χ2v) is 6.68. The van der Waals surface area contributed by atoms with Gasteiger partial charge in [0.15, 0.2) is 5.76 Å². The van der Waals surface area contributed by atoms with Gasteiger partial charge in [-0.15, -0.1) is 0 Å². The first-order chi connectivity index (χ1) is 13.5. The van der Waals surface area contributed by atoms with Crippen LogP contribution >= 0.6 is 0 Å². The van der Waals surface area contributed by atoms with Crippen LogP contribution in [0.25, 0.3) is 17.0 Å². The zero-order valence-corrected chi connectivity index (χ0v) is 15.8. The smallest absolute Gasteiger partial charge is 0.168 e. The van der Waals surface area contributed by atoms with Crippen molar-refractivity contribution in [2.45, 2.75) is 27.2 Å². The summed E-state index contributed by atoms with van der Waals surface area (Å²) in [5.74, 6) is 0.719. The molecule has 4 aromatic rings. The molecule has 0 aliphatic heterocycles. The molecule has 0 spiro atoms. The Balaban J connectivity index is 1.56. The van der Waals surface area contributed by atoms with E-state index >= 15 is 0 Å². The van der Waals surface area contributed by atoms with E-state index in [-0.39, 0.29) is 0 Å². The fourth-order valence-corrected chi connectivity index (χ4v) is 3.09. The molecule has 0 aliphatic carbocycles. The van der Waals surface area contributed by atoms with E-state index in [9.17, 15) is 0 Å². The highest BCUT2D eigenvalue weighted by Gasteiger charge is 2.12. The lowest BCUT2D eigenvalue weighted by atomic mass is 10.1. The van der Waals surface area contributed by atoms with Crippen molar-refractivity contribution < 1.29 is 4.52 Å². The van der Waals surface area contributed by atoms with Crippen LogP contribution in [-0.2, 0) is 6.42 Å². The molecule has 3 aromatic heterocycles. The summed E-state index contributed by atoms with van der Waals surface area (Å²) in [6, 6.07) is 13.4. The van der Waals surface area contributed by atoms with Crippen molar-refractivity contribution in [1.29, 1.82) is 5.26 Å². The standard InChI is InChI=1S/C21H18N6O/c1-13-8-16(11-22)4-7-20(13)27-23-12-18(25-27)10-17-5-6-19(15(3)24-17)21-9-14(2)26-28-21/h4-9,12H,10H2,1-3H3. The first-order valence-corrected chi connectivity index (χ1v) is 8.86. The van der Waals surface area contributed by atoms with Crippen LogP contribution in [0.4, 0.5) is 0 Å². The van der Waals surface area contributed by atoms with Gasteiger partial charge in [0.2, 0.25) is 0 Å². The number of benzene rings is 1. The molecule has 0 bridgehead atoms. The molecule has 0 fully saturated rings. The van der Waals surface area contributed by atoms with Crippen LogP contribution in [0.15, 0.2) is 47.1 Å². The van der Waals surface area contributed by atoms with Crippen LogP contribution in [-0.4, -0.2) is 25.1 Å². The van der Waals surface area contributed by atoms with E-state index in [0.29, 0.717) is 12.0 Å². The number of pyridine rings is 1. The molecule has 138 valence electrons. The van der Waals surface area contributed by atoms with E-state index in [0.717, 1.165) is 45.4 Å². The van der Waals surface area contributed by atoms with Crippen molar-refractivity contribution in [2.24, 2.45) is 0 Å². The average Bonchev–Trinajstić information content (AvgIpc) is 3.31. The number of nitriles is 1. The molecule has 0 saturated heterocycles. The van der Waals surface area contributed by atoms with Gasteiger partial charge in [0.05, 0.1) is 34.9 Å². The molecule has 0 radical (unpaired) electrons. The van der Waals surface area contributed by atoms with Crippen LogP contribution in [0, 0.1) is 32.1 Å². The summed E-state index contributed by atoms with van der Waals surface area (Å²) >= 11 is 0. The molecule has 0 atom stereocenters. The van der Waals surface area contributed by atoms with Crippen LogP contribution in [0.2, 0.25) is 0 Å². The Morgan fingerprint density at radius 2 is 1.93 bits per heavy atom. The molecule has 0 saturated carbocycles. The van der Waals surface area contributed by atoms with Gasteiger partial charge in [0.25, 0.3) is 0 Å². The van der Waals surface area contributed by atoms with Crippen LogP contribution in [0.1, 0.15) is 33.9 Å². The van der Waals surface area contributed by atoms with E-state index in [4.69, 9.17) is 9.78 Å². The van der Waals surface area contributed by atoms with E-state index in [1.807, 2.05) is 51.1 Å². The monoisotopic (exact) mass is 370 g/mol. The number of rotatable bonds is 4. The summed E-state index contributed by atoms with van der Waals surface area (Å²) in [4.78, 5) is 6.26. The van der Waals surface area contributed by atoms with Gasteiger partial charge in [0, 0.05) is 29.4 Å². The maximum Gasteiger partial charge on any atom is 0.168 e. The first-order valence-electron chi connectivity index (χ1n) is 8.86. The van der Waals surface area contributed by atoms with Gasteiger partial charge in [-0.3, -0.25) is 4.98 Å². The lowest BCUT2D eigenvalue weighted by Crippen LogP contribution is -2.03. The molecule has 7 heteroatoms. The Bertz CT molecular complexity index is 1200. The predicted molar refractivity (Wildman–Crippen MR) is 103 cm³/mol. The third-order valence-corrected chi connectivity index (χ3v) is 4.48. The van der Waals surface area contributed by atoms with Crippen molar-refractivity contribution in [3.8, 4) is 23.1 Å². The summed E-state index contributed by atoms with van der Waals surface area (Å²) in [5, 5.41) is 21.9. The van der Waals surface area contributed by atoms with Crippen LogP contribution in [0.3, 0.4) is 0 Å². The molecule has 0 aliphatic rings. The van der Waals surface area contributed by atoms with Crippen molar-refractivity contribution in [1.82, 2.24) is 25.1 Å². The van der Waals surface area contributed by atoms with Crippen molar-refractivity contribution in [3.63, 3.8) is 0 Å². The minimum absolute atomic E-state index is 0.575. The highest BCUT2D eigenvalue weighted by Crippen LogP contribution is 2.23. The SMILES string of the molecule is Cc1cc(-c2ccc(Cc3cnn(-c4ccc(C#N)cc4C)n3)nc2C)on1. The van der Waals surface area contributed by atoms with E-state index in [1.54, 1.807) is 17.1 Å². The second kappa shape index (κ2) is 7.08. The lowest BCUT2D eigenvalue weighted by molar-refractivity contribution is 0.426. The van der Waals surface area contributed by atoms with Crippen molar-refractivity contribution in [2.75, 3.05) is 0 Å². The highest BCUT2D eigenvalue weighted by molar-refractivity contribution is 5.60. The van der Waals surface area contributed by atoms with Gasteiger partial charge in [-0.05, 0) is 56.7 Å². The summed E-state index contributed by atoms with van der Waals surface area (Å²) < 4.78 is 5.33. The summed E-state index contributed by atoms with van der Waals surface area (Å²) in [6.07, 6.45) is 2.31. The molecule has 7 nitrogen and oxygen atoms in total. The highest BCUT2D eigenvalue weighted by atomic mass is 16.5.